The molecule has 0 aliphatic carbocycles. The number of nitrogens with zero attached hydrogens (tertiary/aromatic N) is 2. The fourth-order valence-electron chi connectivity index (χ4n) is 3.93. The molecule has 0 aliphatic rings. The zero-order valence-electron chi connectivity index (χ0n) is 25.1. The molecule has 0 aliphatic heterocycles. The summed E-state index contributed by atoms with van der Waals surface area (Å²) in [5.41, 5.74) is 13.5. The van der Waals surface area contributed by atoms with Crippen LogP contribution in [0.1, 0.15) is 62.8 Å². The minimum atomic E-state index is -0.742. The summed E-state index contributed by atoms with van der Waals surface area (Å²) in [6.45, 7) is 21.5. The van der Waals surface area contributed by atoms with Crippen LogP contribution in [0.3, 0.4) is 0 Å². The summed E-state index contributed by atoms with van der Waals surface area (Å²) in [4.78, 5) is 16.6. The topological polar surface area (TPSA) is 129 Å². The summed E-state index contributed by atoms with van der Waals surface area (Å²) in [5, 5.41) is 0. The Morgan fingerprint density at radius 3 is 2.15 bits per heavy atom. The Morgan fingerprint density at radius 1 is 1.07 bits per heavy atom. The summed E-state index contributed by atoms with van der Waals surface area (Å²) in [5.74, 6) is 7.85. The average molecular weight is 552 g/mol. The third-order valence-corrected chi connectivity index (χ3v) is 5.60. The van der Waals surface area contributed by atoms with Crippen LogP contribution in [-0.2, 0) is 22.6 Å². The van der Waals surface area contributed by atoms with Gasteiger partial charge in [-0.3, -0.25) is 21.3 Å². The molecule has 0 saturated carbocycles. The van der Waals surface area contributed by atoms with Gasteiger partial charge in [0, 0.05) is 30.9 Å². The summed E-state index contributed by atoms with van der Waals surface area (Å²) < 4.78 is 16.5. The maximum Gasteiger partial charge on any atom is 0.293 e. The van der Waals surface area contributed by atoms with Gasteiger partial charge in [0.1, 0.15) is 17.1 Å². The van der Waals surface area contributed by atoms with Gasteiger partial charge in [0.05, 0.1) is 5.69 Å². The highest BCUT2D eigenvalue weighted by atomic mass is 16.5. The second kappa shape index (κ2) is 14.1. The molecule has 0 unspecified atom stereocenters. The number of hydrogen-bond donors (Lipinski definition) is 3. The Balaban J connectivity index is 0.000000708. The van der Waals surface area contributed by atoms with E-state index in [9.17, 15) is 4.79 Å². The van der Waals surface area contributed by atoms with E-state index in [1.807, 2.05) is 85.7 Å². The Morgan fingerprint density at radius 2 is 1.68 bits per heavy atom. The van der Waals surface area contributed by atoms with Crippen molar-refractivity contribution in [3.63, 3.8) is 0 Å². The molecular weight excluding hydrogens is 506 g/mol. The molecule has 3 aromatic rings. The highest BCUT2D eigenvalue weighted by Crippen LogP contribution is 2.28. The SMILES string of the molecule is C=C(CN(Cc1cc(C)c(OC(C)(C)N)c(C)c1)Cc1nc(-c2ccccc2)oc1C)NN.CC(C)(C)OC=O. The van der Waals surface area contributed by atoms with Crippen LogP contribution in [0.25, 0.3) is 11.5 Å². The fraction of sp³-hybridized carbons (Fsp3) is 0.419. The van der Waals surface area contributed by atoms with Gasteiger partial charge in [-0.1, -0.05) is 36.9 Å². The molecule has 1 heterocycles. The van der Waals surface area contributed by atoms with E-state index in [0.29, 0.717) is 32.0 Å². The summed E-state index contributed by atoms with van der Waals surface area (Å²) in [6.07, 6.45) is 0. The number of benzene rings is 2. The molecule has 5 N–H and O–H groups in total. The van der Waals surface area contributed by atoms with Gasteiger partial charge < -0.3 is 19.3 Å². The van der Waals surface area contributed by atoms with Crippen LogP contribution in [0.4, 0.5) is 0 Å². The fourth-order valence-corrected chi connectivity index (χ4v) is 3.93. The van der Waals surface area contributed by atoms with Crippen LogP contribution in [0.15, 0.2) is 59.2 Å². The van der Waals surface area contributed by atoms with Gasteiger partial charge in [-0.2, -0.15) is 0 Å². The first kappa shape index (κ1) is 32.6. The molecule has 9 heteroatoms. The number of aromatic nitrogens is 1. The van der Waals surface area contributed by atoms with E-state index >= 15 is 0 Å². The maximum absolute atomic E-state index is 9.60. The Hall–Kier alpha value is -3.66. The van der Waals surface area contributed by atoms with Gasteiger partial charge in [0.25, 0.3) is 6.47 Å². The molecule has 0 atom stereocenters. The van der Waals surface area contributed by atoms with Gasteiger partial charge in [0.2, 0.25) is 5.89 Å². The lowest BCUT2D eigenvalue weighted by Gasteiger charge is -2.26. The molecule has 9 nitrogen and oxygen atoms in total. The van der Waals surface area contributed by atoms with Crippen LogP contribution >= 0.6 is 0 Å². The smallest absolute Gasteiger partial charge is 0.293 e. The third-order valence-electron chi connectivity index (χ3n) is 5.60. The second-order valence-electron chi connectivity index (χ2n) is 11.4. The second-order valence-corrected chi connectivity index (χ2v) is 11.4. The van der Waals surface area contributed by atoms with Crippen molar-refractivity contribution < 1.29 is 18.7 Å². The lowest BCUT2D eigenvalue weighted by Crippen LogP contribution is -2.39. The maximum atomic E-state index is 9.60. The quantitative estimate of drug-likeness (QED) is 0.126. The molecule has 0 amide bonds. The van der Waals surface area contributed by atoms with Crippen LogP contribution in [-0.4, -0.2) is 34.2 Å². The average Bonchev–Trinajstić information content (AvgIpc) is 3.21. The first-order valence-corrected chi connectivity index (χ1v) is 13.2. The highest BCUT2D eigenvalue weighted by molar-refractivity contribution is 5.53. The number of oxazole rings is 1. The van der Waals surface area contributed by atoms with Crippen LogP contribution < -0.4 is 21.7 Å². The molecule has 3 rings (SSSR count). The van der Waals surface area contributed by atoms with Crippen molar-refractivity contribution in [3.8, 4) is 17.2 Å². The molecular formula is C31H45N5O4. The molecule has 0 saturated heterocycles. The number of carbonyl (C=O) groups excluding carboxylic acids is 1. The largest absolute Gasteiger partial charge is 0.473 e. The Labute approximate surface area is 238 Å². The minimum Gasteiger partial charge on any atom is -0.473 e. The number of carbonyl (C=O) groups is 1. The molecule has 0 radical (unpaired) electrons. The predicted molar refractivity (Wildman–Crippen MR) is 159 cm³/mol. The van der Waals surface area contributed by atoms with Crippen LogP contribution in [0, 0.1) is 20.8 Å². The third kappa shape index (κ3) is 10.8. The van der Waals surface area contributed by atoms with Gasteiger partial charge >= 0.3 is 0 Å². The number of aryl methyl sites for hydroxylation is 3. The molecule has 0 spiro atoms. The number of nitrogens with one attached hydrogen (secondary N) is 1. The van der Waals surface area contributed by atoms with Crippen molar-refractivity contribution in [1.29, 1.82) is 0 Å². The summed E-state index contributed by atoms with van der Waals surface area (Å²) in [6, 6.07) is 14.2. The zero-order valence-corrected chi connectivity index (χ0v) is 25.1. The zero-order chi connectivity index (χ0) is 30.1. The van der Waals surface area contributed by atoms with Gasteiger partial charge in [-0.25, -0.2) is 4.98 Å². The standard InChI is InChI=1S/C26H35N5O2.C5H10O2/c1-17-12-21(13-18(2)24(17)33-26(5,6)27)15-31(14-19(3)30-28)16-23-20(4)32-25(29-23)22-10-8-7-9-11-22;1-5(2,3)7-4-6/h7-13,30H,3,14-16,27-28H2,1-2,4-6H3;4H,1-3H3. The van der Waals surface area contributed by atoms with Gasteiger partial charge in [-0.05, 0) is 84.2 Å². The molecule has 0 fully saturated rings. The Kier molecular flexibility index (Phi) is 11.5. The number of nitrogens with two attached hydrogens (primary N) is 2. The summed E-state index contributed by atoms with van der Waals surface area (Å²) >= 11 is 0. The van der Waals surface area contributed by atoms with E-state index in [1.165, 1.54) is 0 Å². The van der Waals surface area contributed by atoms with Crippen molar-refractivity contribution in [2.24, 2.45) is 11.6 Å². The molecule has 40 heavy (non-hydrogen) atoms. The van der Waals surface area contributed by atoms with E-state index in [1.54, 1.807) is 0 Å². The van der Waals surface area contributed by atoms with E-state index in [-0.39, 0.29) is 5.60 Å². The van der Waals surface area contributed by atoms with E-state index in [4.69, 9.17) is 25.7 Å². The number of hydrazine groups is 1. The van der Waals surface area contributed by atoms with E-state index in [2.05, 4.69) is 33.8 Å². The normalized spacial score (nSPS) is 11.5. The van der Waals surface area contributed by atoms with Crippen LogP contribution in [0.5, 0.6) is 5.75 Å². The van der Waals surface area contributed by atoms with E-state index < -0.39 is 5.72 Å². The lowest BCUT2D eigenvalue weighted by atomic mass is 10.0. The molecule has 218 valence electrons. The highest BCUT2D eigenvalue weighted by Gasteiger charge is 2.19. The van der Waals surface area contributed by atoms with Crippen molar-refractivity contribution >= 4 is 6.47 Å². The van der Waals surface area contributed by atoms with Crippen molar-refractivity contribution in [2.45, 2.75) is 79.8 Å². The number of ether oxygens (including phenoxy) is 2. The number of rotatable bonds is 11. The van der Waals surface area contributed by atoms with Gasteiger partial charge in [-0.15, -0.1) is 0 Å². The van der Waals surface area contributed by atoms with Crippen molar-refractivity contribution in [2.75, 3.05) is 6.54 Å². The monoisotopic (exact) mass is 551 g/mol. The summed E-state index contributed by atoms with van der Waals surface area (Å²) in [7, 11) is 0. The molecule has 1 aromatic heterocycles. The Bertz CT molecular complexity index is 1230. The molecule has 0 bridgehead atoms. The molecule has 2 aromatic carbocycles. The lowest BCUT2D eigenvalue weighted by molar-refractivity contribution is -0.138. The predicted octanol–water partition coefficient (Wildman–Crippen LogP) is 5.28. The van der Waals surface area contributed by atoms with Crippen molar-refractivity contribution in [3.05, 3.63) is 82.9 Å². The minimum absolute atomic E-state index is 0.318. The van der Waals surface area contributed by atoms with Crippen LogP contribution in [0.2, 0.25) is 0 Å². The van der Waals surface area contributed by atoms with Crippen molar-refractivity contribution in [1.82, 2.24) is 15.3 Å². The van der Waals surface area contributed by atoms with E-state index in [0.717, 1.165) is 45.2 Å². The van der Waals surface area contributed by atoms with Gasteiger partial charge in [0.15, 0.2) is 5.72 Å². The first-order chi connectivity index (χ1) is 18.6. The number of hydrogen-bond acceptors (Lipinski definition) is 9. The first-order valence-electron chi connectivity index (χ1n) is 13.2.